The maximum atomic E-state index is 12.8. The molecule has 3 aliphatic rings. The molecule has 0 aliphatic carbocycles. The second-order valence-corrected chi connectivity index (χ2v) is 7.19. The van der Waals surface area contributed by atoms with Crippen molar-refractivity contribution in [3.63, 3.8) is 0 Å². The lowest BCUT2D eigenvalue weighted by Gasteiger charge is -2.23. The van der Waals surface area contributed by atoms with Crippen molar-refractivity contribution in [2.45, 2.75) is 37.8 Å². The Morgan fingerprint density at radius 2 is 1.83 bits per heavy atom. The number of amides is 4. The van der Waals surface area contributed by atoms with E-state index in [0.29, 0.717) is 31.0 Å². The molecule has 4 rings (SSSR count). The van der Waals surface area contributed by atoms with Crippen LogP contribution in [0.25, 0.3) is 0 Å². The summed E-state index contributed by atoms with van der Waals surface area (Å²) in [5.74, 6) is -0.440. The van der Waals surface area contributed by atoms with Gasteiger partial charge in [0.1, 0.15) is 11.6 Å². The molecule has 24 heavy (non-hydrogen) atoms. The molecule has 6 nitrogen and oxygen atoms in total. The Hall–Kier alpha value is -2.08. The third-order valence-electron chi connectivity index (χ3n) is 5.38. The van der Waals surface area contributed by atoms with Crippen molar-refractivity contribution in [2.24, 2.45) is 0 Å². The first-order chi connectivity index (χ1) is 11.4. The molecule has 3 saturated heterocycles. The van der Waals surface area contributed by atoms with Crippen molar-refractivity contribution in [3.8, 4) is 0 Å². The van der Waals surface area contributed by atoms with Crippen LogP contribution in [0, 0.1) is 0 Å². The van der Waals surface area contributed by atoms with E-state index in [9.17, 15) is 14.4 Å². The zero-order valence-corrected chi connectivity index (χ0v) is 14.1. The van der Waals surface area contributed by atoms with Gasteiger partial charge in [0.15, 0.2) is 0 Å². The number of anilines is 1. The van der Waals surface area contributed by atoms with Gasteiger partial charge in [-0.25, -0.2) is 9.69 Å². The van der Waals surface area contributed by atoms with Gasteiger partial charge in [0.2, 0.25) is 5.91 Å². The van der Waals surface area contributed by atoms with Crippen LogP contribution in [-0.2, 0) is 9.59 Å². The minimum atomic E-state index is -0.773. The Labute approximate surface area is 144 Å². The normalized spacial score (nSPS) is 29.8. The SMILES string of the molecule is C[C@]12CCCN1C(=O)N([C@@H]1CCN(c3ccc(Cl)cc3)C1=O)C2=O. The van der Waals surface area contributed by atoms with Gasteiger partial charge in [-0.1, -0.05) is 11.6 Å². The molecular weight excluding hydrogens is 330 g/mol. The summed E-state index contributed by atoms with van der Waals surface area (Å²) in [6.07, 6.45) is 1.95. The van der Waals surface area contributed by atoms with E-state index in [1.165, 1.54) is 4.90 Å². The van der Waals surface area contributed by atoms with Gasteiger partial charge in [-0.3, -0.25) is 9.59 Å². The fourth-order valence-electron chi connectivity index (χ4n) is 4.03. The van der Waals surface area contributed by atoms with E-state index >= 15 is 0 Å². The summed E-state index contributed by atoms with van der Waals surface area (Å²) in [6.45, 7) is 2.87. The Bertz CT molecular complexity index is 735. The Balaban J connectivity index is 1.60. The van der Waals surface area contributed by atoms with E-state index in [1.54, 1.807) is 41.0 Å². The number of carbonyl (C=O) groups excluding carboxylic acids is 3. The molecule has 4 amide bonds. The number of hydrogen-bond acceptors (Lipinski definition) is 3. The quantitative estimate of drug-likeness (QED) is 0.771. The fourth-order valence-corrected chi connectivity index (χ4v) is 4.15. The van der Waals surface area contributed by atoms with Crippen molar-refractivity contribution < 1.29 is 14.4 Å². The van der Waals surface area contributed by atoms with Gasteiger partial charge in [0, 0.05) is 23.8 Å². The number of imide groups is 1. The van der Waals surface area contributed by atoms with Gasteiger partial charge in [-0.05, 0) is 50.5 Å². The molecule has 0 aromatic heterocycles. The molecule has 1 aromatic carbocycles. The lowest BCUT2D eigenvalue weighted by Crippen LogP contribution is -2.47. The lowest BCUT2D eigenvalue weighted by atomic mass is 9.99. The molecule has 0 unspecified atom stereocenters. The number of rotatable bonds is 2. The Morgan fingerprint density at radius 1 is 1.12 bits per heavy atom. The van der Waals surface area contributed by atoms with E-state index in [1.807, 2.05) is 0 Å². The molecule has 0 bridgehead atoms. The highest BCUT2D eigenvalue weighted by atomic mass is 35.5. The monoisotopic (exact) mass is 347 g/mol. The van der Waals surface area contributed by atoms with Crippen LogP contribution >= 0.6 is 11.6 Å². The molecule has 0 saturated carbocycles. The van der Waals surface area contributed by atoms with E-state index in [0.717, 1.165) is 12.1 Å². The molecule has 3 aliphatic heterocycles. The van der Waals surface area contributed by atoms with Crippen molar-refractivity contribution in [1.29, 1.82) is 0 Å². The molecule has 3 fully saturated rings. The molecule has 0 radical (unpaired) electrons. The second kappa shape index (κ2) is 5.21. The lowest BCUT2D eigenvalue weighted by molar-refractivity contribution is -0.136. The molecule has 0 N–H and O–H groups in total. The van der Waals surface area contributed by atoms with Crippen LogP contribution in [0.3, 0.4) is 0 Å². The van der Waals surface area contributed by atoms with Crippen molar-refractivity contribution >= 4 is 35.1 Å². The fraction of sp³-hybridized carbons (Fsp3) is 0.471. The molecular formula is C17H18ClN3O3. The predicted octanol–water partition coefficient (Wildman–Crippen LogP) is 2.26. The standard InChI is InChI=1S/C17H18ClN3O3/c1-17-8-2-9-20(17)16(24)21(15(17)23)13-7-10-19(14(13)22)12-5-3-11(18)4-6-12/h3-6,13H,2,7-10H2,1H3/t13-,17-/m1/s1. The summed E-state index contributed by atoms with van der Waals surface area (Å²) in [5, 5.41) is 0.598. The predicted molar refractivity (Wildman–Crippen MR) is 88.8 cm³/mol. The first-order valence-corrected chi connectivity index (χ1v) is 8.53. The summed E-state index contributed by atoms with van der Waals surface area (Å²) >= 11 is 5.89. The van der Waals surface area contributed by atoms with Crippen LogP contribution in [0.4, 0.5) is 10.5 Å². The third kappa shape index (κ3) is 1.99. The first kappa shape index (κ1) is 15.4. The summed E-state index contributed by atoms with van der Waals surface area (Å²) in [5.41, 5.74) is -0.0388. The highest BCUT2D eigenvalue weighted by Crippen LogP contribution is 2.40. The van der Waals surface area contributed by atoms with Gasteiger partial charge >= 0.3 is 6.03 Å². The molecule has 2 atom stereocenters. The smallest absolute Gasteiger partial charge is 0.311 e. The Morgan fingerprint density at radius 3 is 2.50 bits per heavy atom. The van der Waals surface area contributed by atoms with Gasteiger partial charge in [0.05, 0.1) is 0 Å². The van der Waals surface area contributed by atoms with Crippen LogP contribution < -0.4 is 4.90 Å². The van der Waals surface area contributed by atoms with Crippen molar-refractivity contribution in [3.05, 3.63) is 29.3 Å². The summed E-state index contributed by atoms with van der Waals surface area (Å²) in [4.78, 5) is 42.7. The Kier molecular flexibility index (Phi) is 3.35. The average molecular weight is 348 g/mol. The molecule has 0 spiro atoms. The molecule has 7 heteroatoms. The maximum Gasteiger partial charge on any atom is 0.328 e. The zero-order valence-electron chi connectivity index (χ0n) is 13.4. The molecule has 126 valence electrons. The van der Waals surface area contributed by atoms with Gasteiger partial charge < -0.3 is 9.80 Å². The van der Waals surface area contributed by atoms with Crippen molar-refractivity contribution in [2.75, 3.05) is 18.0 Å². The number of fused-ring (bicyclic) bond motifs is 1. The van der Waals surface area contributed by atoms with Gasteiger partial charge in [-0.15, -0.1) is 0 Å². The van der Waals surface area contributed by atoms with Crippen LogP contribution in [0.1, 0.15) is 26.2 Å². The topological polar surface area (TPSA) is 60.9 Å². The maximum absolute atomic E-state index is 12.8. The molecule has 1 aromatic rings. The van der Waals surface area contributed by atoms with E-state index in [-0.39, 0.29) is 17.8 Å². The third-order valence-corrected chi connectivity index (χ3v) is 5.64. The first-order valence-electron chi connectivity index (χ1n) is 8.16. The summed E-state index contributed by atoms with van der Waals surface area (Å²) in [6, 6.07) is 5.96. The largest absolute Gasteiger partial charge is 0.328 e. The second-order valence-electron chi connectivity index (χ2n) is 6.76. The van der Waals surface area contributed by atoms with Gasteiger partial charge in [0.25, 0.3) is 5.91 Å². The average Bonchev–Trinajstić information content (AvgIpc) is 3.17. The van der Waals surface area contributed by atoms with Crippen LogP contribution in [0.15, 0.2) is 24.3 Å². The van der Waals surface area contributed by atoms with E-state index in [2.05, 4.69) is 0 Å². The van der Waals surface area contributed by atoms with Crippen molar-refractivity contribution in [1.82, 2.24) is 9.80 Å². The minimum absolute atomic E-state index is 0.205. The van der Waals surface area contributed by atoms with E-state index in [4.69, 9.17) is 11.6 Å². The zero-order chi connectivity index (χ0) is 17.1. The minimum Gasteiger partial charge on any atom is -0.311 e. The number of nitrogens with zero attached hydrogens (tertiary/aromatic N) is 3. The highest BCUT2D eigenvalue weighted by molar-refractivity contribution is 6.30. The number of urea groups is 1. The highest BCUT2D eigenvalue weighted by Gasteiger charge is 2.59. The molecule has 3 heterocycles. The van der Waals surface area contributed by atoms with Crippen LogP contribution in [0.2, 0.25) is 5.02 Å². The number of benzene rings is 1. The number of halogens is 1. The van der Waals surface area contributed by atoms with Gasteiger partial charge in [-0.2, -0.15) is 0 Å². The van der Waals surface area contributed by atoms with Crippen LogP contribution in [0.5, 0.6) is 0 Å². The number of carbonyl (C=O) groups is 3. The summed E-state index contributed by atoms with van der Waals surface area (Å²) < 4.78 is 0. The summed E-state index contributed by atoms with van der Waals surface area (Å²) in [7, 11) is 0. The number of hydrogen-bond donors (Lipinski definition) is 0. The van der Waals surface area contributed by atoms with Crippen LogP contribution in [-0.4, -0.2) is 52.3 Å². The van der Waals surface area contributed by atoms with E-state index < -0.39 is 11.6 Å².